The van der Waals surface area contributed by atoms with Gasteiger partial charge in [0.05, 0.1) is 23.0 Å². The molecule has 1 aliphatic carbocycles. The van der Waals surface area contributed by atoms with Gasteiger partial charge >= 0.3 is 0 Å². The van der Waals surface area contributed by atoms with Crippen LogP contribution in [0.3, 0.4) is 0 Å². The number of aryl methyl sites for hydroxylation is 1. The van der Waals surface area contributed by atoms with E-state index in [4.69, 9.17) is 0 Å². The molecule has 1 fully saturated rings. The minimum Gasteiger partial charge on any atom is -0.618 e. The number of aromatic nitrogens is 3. The Morgan fingerprint density at radius 1 is 1.08 bits per heavy atom. The number of carbonyl (C=O) groups excluding carboxylic acids is 2. The van der Waals surface area contributed by atoms with Gasteiger partial charge in [0.15, 0.2) is 11.9 Å². The molecule has 1 saturated carbocycles. The van der Waals surface area contributed by atoms with Crippen LogP contribution < -0.4 is 15.4 Å². The van der Waals surface area contributed by atoms with E-state index in [1.54, 1.807) is 13.0 Å². The van der Waals surface area contributed by atoms with E-state index in [1.807, 2.05) is 45.0 Å². The van der Waals surface area contributed by atoms with Crippen LogP contribution in [0.4, 0.5) is 5.69 Å². The van der Waals surface area contributed by atoms with E-state index >= 15 is 0 Å². The molecule has 0 aliphatic heterocycles. The molecule has 190 valence electrons. The Morgan fingerprint density at radius 2 is 1.78 bits per heavy atom. The van der Waals surface area contributed by atoms with Crippen LogP contribution in [0.1, 0.15) is 79.2 Å². The van der Waals surface area contributed by atoms with Crippen molar-refractivity contribution in [3.05, 3.63) is 70.4 Å². The van der Waals surface area contributed by atoms with Crippen LogP contribution in [0.25, 0.3) is 11.1 Å². The van der Waals surface area contributed by atoms with Gasteiger partial charge in [0, 0.05) is 18.7 Å². The van der Waals surface area contributed by atoms with E-state index in [1.165, 1.54) is 12.4 Å². The lowest BCUT2D eigenvalue weighted by Gasteiger charge is -2.30. The summed E-state index contributed by atoms with van der Waals surface area (Å²) in [6.07, 6.45) is 8.10. The van der Waals surface area contributed by atoms with Crippen LogP contribution in [0.15, 0.2) is 42.7 Å². The molecule has 0 spiro atoms. The highest BCUT2D eigenvalue weighted by Crippen LogP contribution is 2.29. The second-order valence-electron chi connectivity index (χ2n) is 10.1. The van der Waals surface area contributed by atoms with Crippen molar-refractivity contribution in [2.24, 2.45) is 5.92 Å². The van der Waals surface area contributed by atoms with E-state index in [9.17, 15) is 14.8 Å². The van der Waals surface area contributed by atoms with Crippen molar-refractivity contribution in [3.8, 4) is 11.1 Å². The first kappa shape index (κ1) is 25.4. The van der Waals surface area contributed by atoms with Gasteiger partial charge in [0.1, 0.15) is 6.04 Å². The van der Waals surface area contributed by atoms with E-state index < -0.39 is 6.04 Å². The van der Waals surface area contributed by atoms with Crippen LogP contribution in [0.5, 0.6) is 0 Å². The van der Waals surface area contributed by atoms with Crippen molar-refractivity contribution in [2.75, 3.05) is 5.32 Å². The lowest BCUT2D eigenvalue weighted by Crippen LogP contribution is -2.49. The maximum absolute atomic E-state index is 13.4. The van der Waals surface area contributed by atoms with Crippen molar-refractivity contribution in [1.82, 2.24) is 15.5 Å². The minimum absolute atomic E-state index is 0.0819. The van der Waals surface area contributed by atoms with Gasteiger partial charge in [-0.05, 0) is 54.9 Å². The molecular formula is C28H35N5O3. The third-order valence-electron chi connectivity index (χ3n) is 7.17. The first-order valence-electron chi connectivity index (χ1n) is 12.7. The number of benzene rings is 1. The third-order valence-corrected chi connectivity index (χ3v) is 7.17. The summed E-state index contributed by atoms with van der Waals surface area (Å²) in [5.41, 5.74) is 5.32. The second kappa shape index (κ2) is 10.9. The van der Waals surface area contributed by atoms with Gasteiger partial charge in [-0.2, -0.15) is 9.83 Å². The predicted octanol–water partition coefficient (Wildman–Crippen LogP) is 4.77. The second-order valence-corrected chi connectivity index (χ2v) is 10.1. The number of hydrogen-bond acceptors (Lipinski definition) is 4. The topological polar surface area (TPSA) is 114 Å². The number of nitrogens with one attached hydrogen (secondary N) is 3. The van der Waals surface area contributed by atoms with Gasteiger partial charge in [0.25, 0.3) is 5.91 Å². The number of aromatic amines is 1. The van der Waals surface area contributed by atoms with Crippen LogP contribution in [-0.4, -0.2) is 28.1 Å². The zero-order valence-corrected chi connectivity index (χ0v) is 21.4. The molecule has 3 N–H and O–H groups in total. The SMILES string of the molecule is Cc1cc[n+]([O-])c(C)c1-c1ccc(NC(=O)[C@@H](NC(=O)c2cn[nH]c2C(C)C)C2CCCCC2)cc1. The average molecular weight is 490 g/mol. The Kier molecular flexibility index (Phi) is 7.72. The highest BCUT2D eigenvalue weighted by Gasteiger charge is 2.32. The van der Waals surface area contributed by atoms with Gasteiger partial charge < -0.3 is 15.8 Å². The van der Waals surface area contributed by atoms with Crippen LogP contribution in [-0.2, 0) is 4.79 Å². The molecular weight excluding hydrogens is 454 g/mol. The van der Waals surface area contributed by atoms with Crippen LogP contribution >= 0.6 is 0 Å². The molecule has 2 heterocycles. The maximum Gasteiger partial charge on any atom is 0.255 e. The number of rotatable bonds is 7. The summed E-state index contributed by atoms with van der Waals surface area (Å²) in [6, 6.07) is 8.64. The Labute approximate surface area is 212 Å². The highest BCUT2D eigenvalue weighted by atomic mass is 16.5. The number of carbonyl (C=O) groups is 2. The summed E-state index contributed by atoms with van der Waals surface area (Å²) in [5, 5.41) is 25.0. The molecule has 36 heavy (non-hydrogen) atoms. The molecule has 0 radical (unpaired) electrons. The van der Waals surface area contributed by atoms with Gasteiger partial charge in [-0.3, -0.25) is 14.7 Å². The van der Waals surface area contributed by atoms with Crippen molar-refractivity contribution in [1.29, 1.82) is 0 Å². The van der Waals surface area contributed by atoms with Gasteiger partial charge in [-0.1, -0.05) is 45.2 Å². The first-order chi connectivity index (χ1) is 17.3. The molecule has 3 aromatic rings. The number of H-pyrrole nitrogens is 1. The normalized spacial score (nSPS) is 15.0. The largest absolute Gasteiger partial charge is 0.618 e. The van der Waals surface area contributed by atoms with Gasteiger partial charge in [0.2, 0.25) is 5.91 Å². The molecule has 1 aliphatic rings. The maximum atomic E-state index is 13.4. The van der Waals surface area contributed by atoms with E-state index in [0.717, 1.165) is 59.2 Å². The monoisotopic (exact) mass is 489 g/mol. The summed E-state index contributed by atoms with van der Waals surface area (Å²) in [6.45, 7) is 7.76. The van der Waals surface area contributed by atoms with E-state index in [-0.39, 0.29) is 23.7 Å². The highest BCUT2D eigenvalue weighted by molar-refractivity contribution is 6.01. The van der Waals surface area contributed by atoms with Crippen molar-refractivity contribution < 1.29 is 14.3 Å². The first-order valence-corrected chi connectivity index (χ1v) is 12.7. The average Bonchev–Trinajstić information content (AvgIpc) is 3.37. The number of hydrogen-bond donors (Lipinski definition) is 3. The fraction of sp³-hybridized carbons (Fsp3) is 0.429. The summed E-state index contributed by atoms with van der Waals surface area (Å²) >= 11 is 0. The molecule has 0 bridgehead atoms. The fourth-order valence-electron chi connectivity index (χ4n) is 5.15. The lowest BCUT2D eigenvalue weighted by atomic mass is 9.83. The minimum atomic E-state index is -0.634. The molecule has 0 saturated heterocycles. The summed E-state index contributed by atoms with van der Waals surface area (Å²) in [7, 11) is 0. The fourth-order valence-corrected chi connectivity index (χ4v) is 5.15. The molecule has 4 rings (SSSR count). The molecule has 0 unspecified atom stereocenters. The number of nitrogens with zero attached hydrogens (tertiary/aromatic N) is 2. The summed E-state index contributed by atoms with van der Waals surface area (Å²) in [4.78, 5) is 26.6. The molecule has 2 amide bonds. The molecule has 1 aromatic carbocycles. The predicted molar refractivity (Wildman–Crippen MR) is 139 cm³/mol. The molecule has 1 atom stereocenters. The van der Waals surface area contributed by atoms with Gasteiger partial charge in [-0.25, -0.2) is 0 Å². The Hall–Kier alpha value is -3.68. The Bertz CT molecular complexity index is 1230. The lowest BCUT2D eigenvalue weighted by molar-refractivity contribution is -0.611. The van der Waals surface area contributed by atoms with Gasteiger partial charge in [-0.15, -0.1) is 0 Å². The van der Waals surface area contributed by atoms with Crippen LogP contribution in [0.2, 0.25) is 0 Å². The molecule has 2 aromatic heterocycles. The standard InChI is InChI=1S/C28H35N5O3/c1-17(2)25-23(16-29-32-25)27(34)31-26(21-8-6-5-7-9-21)28(35)30-22-12-10-20(11-13-22)24-18(3)14-15-33(36)19(24)4/h10-17,21,26H,5-9H2,1-4H3,(H,29,32)(H,30,35)(H,31,34)/t26-/m0/s1. The number of pyridine rings is 1. The molecule has 8 heteroatoms. The quantitative estimate of drug-likeness (QED) is 0.328. The van der Waals surface area contributed by atoms with E-state index in [2.05, 4.69) is 20.8 Å². The van der Waals surface area contributed by atoms with Crippen molar-refractivity contribution >= 4 is 17.5 Å². The Morgan fingerprint density at radius 3 is 2.44 bits per heavy atom. The third kappa shape index (κ3) is 5.42. The summed E-state index contributed by atoms with van der Waals surface area (Å²) in [5.74, 6) is -0.309. The number of anilines is 1. The summed E-state index contributed by atoms with van der Waals surface area (Å²) < 4.78 is 0.861. The Balaban J connectivity index is 1.53. The smallest absolute Gasteiger partial charge is 0.255 e. The zero-order valence-electron chi connectivity index (χ0n) is 21.4. The molecule has 8 nitrogen and oxygen atoms in total. The van der Waals surface area contributed by atoms with E-state index in [0.29, 0.717) is 16.9 Å². The number of amides is 2. The zero-order chi connectivity index (χ0) is 25.8. The van der Waals surface area contributed by atoms with Crippen LogP contribution in [0, 0.1) is 25.0 Å². The van der Waals surface area contributed by atoms with Crippen molar-refractivity contribution in [3.63, 3.8) is 0 Å². The van der Waals surface area contributed by atoms with Crippen molar-refractivity contribution in [2.45, 2.75) is 71.8 Å².